The van der Waals surface area contributed by atoms with Gasteiger partial charge in [0.05, 0.1) is 39.0 Å². The molecular weight excluding hydrogens is 476 g/mol. The molecule has 9 heteroatoms. The van der Waals surface area contributed by atoms with E-state index in [4.69, 9.17) is 4.74 Å². The van der Waals surface area contributed by atoms with Gasteiger partial charge in [0.15, 0.2) is 4.80 Å². The average Bonchev–Trinajstić information content (AvgIpc) is 3.26. The average molecular weight is 503 g/mol. The Kier molecular flexibility index (Phi) is 5.88. The highest BCUT2D eigenvalue weighted by molar-refractivity contribution is 7.07. The van der Waals surface area contributed by atoms with Crippen LogP contribution in [0.15, 0.2) is 74.4 Å². The number of ether oxygens (including phenoxy) is 1. The minimum atomic E-state index is -0.645. The van der Waals surface area contributed by atoms with Crippen LogP contribution in [0, 0.1) is 0 Å². The Morgan fingerprint density at radius 1 is 1.06 bits per heavy atom. The van der Waals surface area contributed by atoms with Gasteiger partial charge in [0, 0.05) is 14.1 Å². The predicted octanol–water partition coefficient (Wildman–Crippen LogP) is 2.38. The molecule has 0 radical (unpaired) electrons. The molecule has 0 aliphatic carbocycles. The monoisotopic (exact) mass is 502 g/mol. The highest BCUT2D eigenvalue weighted by Crippen LogP contribution is 2.30. The summed E-state index contributed by atoms with van der Waals surface area (Å²) in [6.45, 7) is 5.35. The Morgan fingerprint density at radius 3 is 2.44 bits per heavy atom. The number of hydrogen-bond donors (Lipinski definition) is 0. The van der Waals surface area contributed by atoms with Gasteiger partial charge >= 0.3 is 11.7 Å². The van der Waals surface area contributed by atoms with Crippen molar-refractivity contribution in [2.45, 2.75) is 32.9 Å². The fourth-order valence-electron chi connectivity index (χ4n) is 4.58. The van der Waals surface area contributed by atoms with E-state index in [9.17, 15) is 14.4 Å². The second-order valence-corrected chi connectivity index (χ2v) is 10.1. The van der Waals surface area contributed by atoms with E-state index in [1.807, 2.05) is 48.5 Å². The fourth-order valence-corrected chi connectivity index (χ4v) is 5.62. The molecule has 0 amide bonds. The van der Waals surface area contributed by atoms with Crippen LogP contribution in [0.2, 0.25) is 0 Å². The van der Waals surface area contributed by atoms with Crippen molar-refractivity contribution in [3.05, 3.63) is 101 Å². The van der Waals surface area contributed by atoms with E-state index in [2.05, 4.69) is 4.99 Å². The van der Waals surface area contributed by atoms with Gasteiger partial charge in [-0.2, -0.15) is 0 Å². The SMILES string of the molecule is CC1=C(C(=O)OC(C)C)C(c2ccccc2)n2c(sc(=Cc3ccc4c(c3)n(C)c(=O)n4C)c2=O)=N1. The number of fused-ring (bicyclic) bond motifs is 2. The molecule has 0 fully saturated rings. The first-order valence-electron chi connectivity index (χ1n) is 11.6. The van der Waals surface area contributed by atoms with Crippen molar-refractivity contribution in [3.63, 3.8) is 0 Å². The minimum Gasteiger partial charge on any atom is -0.459 e. The summed E-state index contributed by atoms with van der Waals surface area (Å²) in [5.74, 6) is -0.482. The lowest BCUT2D eigenvalue weighted by Crippen LogP contribution is -2.40. The van der Waals surface area contributed by atoms with Gasteiger partial charge in [0.2, 0.25) is 0 Å². The van der Waals surface area contributed by atoms with Crippen LogP contribution in [-0.2, 0) is 23.6 Å². The van der Waals surface area contributed by atoms with Crippen molar-refractivity contribution in [2.24, 2.45) is 19.1 Å². The lowest BCUT2D eigenvalue weighted by atomic mass is 9.96. The van der Waals surface area contributed by atoms with Gasteiger partial charge in [-0.15, -0.1) is 0 Å². The molecule has 0 saturated carbocycles. The molecule has 0 bridgehead atoms. The van der Waals surface area contributed by atoms with E-state index < -0.39 is 12.0 Å². The Bertz CT molecular complexity index is 1790. The molecular formula is C27H26N4O4S. The van der Waals surface area contributed by atoms with Crippen LogP contribution in [0.3, 0.4) is 0 Å². The summed E-state index contributed by atoms with van der Waals surface area (Å²) in [6.07, 6.45) is 1.50. The van der Waals surface area contributed by atoms with Crippen LogP contribution < -0.4 is 20.6 Å². The number of thiazole rings is 1. The topological polar surface area (TPSA) is 87.6 Å². The maximum atomic E-state index is 13.7. The Balaban J connectivity index is 1.71. The summed E-state index contributed by atoms with van der Waals surface area (Å²) in [7, 11) is 3.46. The number of hydrogen-bond acceptors (Lipinski definition) is 6. The fraction of sp³-hybridized carbons (Fsp3) is 0.259. The molecule has 4 aromatic rings. The van der Waals surface area contributed by atoms with Gasteiger partial charge in [0.1, 0.15) is 0 Å². The molecule has 0 N–H and O–H groups in total. The first kappa shape index (κ1) is 23.7. The number of benzene rings is 2. The summed E-state index contributed by atoms with van der Waals surface area (Å²) < 4.78 is 10.8. The van der Waals surface area contributed by atoms with Crippen molar-refractivity contribution >= 4 is 34.4 Å². The molecule has 1 aliphatic heterocycles. The maximum Gasteiger partial charge on any atom is 0.338 e. The number of esters is 1. The number of aromatic nitrogens is 3. The summed E-state index contributed by atoms with van der Waals surface area (Å²) in [4.78, 5) is 44.3. The number of carbonyl (C=O) groups is 1. The maximum absolute atomic E-state index is 13.7. The third-order valence-corrected chi connectivity index (χ3v) is 7.28. The second-order valence-electron chi connectivity index (χ2n) is 9.10. The van der Waals surface area contributed by atoms with E-state index in [1.165, 1.54) is 11.3 Å². The summed E-state index contributed by atoms with van der Waals surface area (Å²) in [6, 6.07) is 14.4. The number of aryl methyl sites for hydroxylation is 2. The lowest BCUT2D eigenvalue weighted by Gasteiger charge is -2.25. The number of allylic oxidation sites excluding steroid dienone is 1. The first-order valence-corrected chi connectivity index (χ1v) is 12.4. The van der Waals surface area contributed by atoms with Gasteiger partial charge in [-0.1, -0.05) is 47.7 Å². The van der Waals surface area contributed by atoms with Crippen molar-refractivity contribution in [2.75, 3.05) is 0 Å². The summed E-state index contributed by atoms with van der Waals surface area (Å²) >= 11 is 1.27. The molecule has 1 atom stereocenters. The number of nitrogens with zero attached hydrogens (tertiary/aromatic N) is 4. The molecule has 36 heavy (non-hydrogen) atoms. The first-order chi connectivity index (χ1) is 17.2. The number of imidazole rings is 1. The molecule has 5 rings (SSSR count). The molecule has 8 nitrogen and oxygen atoms in total. The third-order valence-electron chi connectivity index (χ3n) is 6.29. The van der Waals surface area contributed by atoms with Crippen LogP contribution in [0.4, 0.5) is 0 Å². The standard InChI is InChI=1S/C27H26N4O4S/c1-15(2)35-25(33)22-16(3)28-26-31(23(22)18-9-7-6-8-10-18)24(32)21(36-26)14-17-11-12-19-20(13-17)30(5)27(34)29(19)4/h6-15,23H,1-5H3. The van der Waals surface area contributed by atoms with Crippen LogP contribution in [-0.4, -0.2) is 25.8 Å². The zero-order valence-corrected chi connectivity index (χ0v) is 21.5. The molecule has 184 valence electrons. The van der Waals surface area contributed by atoms with Crippen molar-refractivity contribution in [3.8, 4) is 0 Å². The quantitative estimate of drug-likeness (QED) is 0.401. The van der Waals surface area contributed by atoms with Gasteiger partial charge in [-0.05, 0) is 50.1 Å². The minimum absolute atomic E-state index is 0.110. The molecule has 3 heterocycles. The molecule has 2 aromatic carbocycles. The van der Waals surface area contributed by atoms with Crippen LogP contribution in [0.5, 0.6) is 0 Å². The zero-order valence-electron chi connectivity index (χ0n) is 20.7. The summed E-state index contributed by atoms with van der Waals surface area (Å²) in [5.41, 5.74) is 3.72. The van der Waals surface area contributed by atoms with Crippen LogP contribution in [0.25, 0.3) is 17.1 Å². The lowest BCUT2D eigenvalue weighted by molar-refractivity contribution is -0.143. The van der Waals surface area contributed by atoms with E-state index in [1.54, 1.807) is 54.6 Å². The van der Waals surface area contributed by atoms with E-state index >= 15 is 0 Å². The second kappa shape index (κ2) is 8.91. The molecule has 2 aromatic heterocycles. The third kappa shape index (κ3) is 3.85. The highest BCUT2D eigenvalue weighted by atomic mass is 32.1. The smallest absolute Gasteiger partial charge is 0.338 e. The van der Waals surface area contributed by atoms with Crippen molar-refractivity contribution in [1.82, 2.24) is 13.7 Å². The number of rotatable bonds is 4. The predicted molar refractivity (Wildman–Crippen MR) is 140 cm³/mol. The molecule has 0 saturated heterocycles. The van der Waals surface area contributed by atoms with Crippen molar-refractivity contribution < 1.29 is 9.53 Å². The molecule has 0 spiro atoms. The Labute approximate surface area is 210 Å². The normalized spacial score (nSPS) is 15.9. The van der Waals surface area contributed by atoms with Gasteiger partial charge < -0.3 is 4.74 Å². The van der Waals surface area contributed by atoms with E-state index in [0.717, 1.165) is 22.2 Å². The Hall–Kier alpha value is -3.98. The Morgan fingerprint density at radius 2 is 1.75 bits per heavy atom. The largest absolute Gasteiger partial charge is 0.459 e. The van der Waals surface area contributed by atoms with Crippen LogP contribution >= 0.6 is 11.3 Å². The summed E-state index contributed by atoms with van der Waals surface area (Å²) in [5, 5.41) is 0. The van der Waals surface area contributed by atoms with E-state index in [0.29, 0.717) is 20.6 Å². The van der Waals surface area contributed by atoms with Gasteiger partial charge in [-0.3, -0.25) is 18.5 Å². The zero-order chi connectivity index (χ0) is 25.7. The number of carbonyl (C=O) groups excluding carboxylic acids is 1. The van der Waals surface area contributed by atoms with Crippen molar-refractivity contribution in [1.29, 1.82) is 0 Å². The molecule has 1 unspecified atom stereocenters. The highest BCUT2D eigenvalue weighted by Gasteiger charge is 2.33. The van der Waals surface area contributed by atoms with Crippen LogP contribution in [0.1, 0.15) is 37.9 Å². The van der Waals surface area contributed by atoms with Gasteiger partial charge in [0.25, 0.3) is 5.56 Å². The van der Waals surface area contributed by atoms with Gasteiger partial charge in [-0.25, -0.2) is 14.6 Å². The van der Waals surface area contributed by atoms with E-state index in [-0.39, 0.29) is 17.4 Å². The molecule has 1 aliphatic rings.